The number of piperidine rings is 1. The van der Waals surface area contributed by atoms with Gasteiger partial charge in [0, 0.05) is 18.8 Å². The molecule has 2 aliphatic rings. The van der Waals surface area contributed by atoms with Crippen molar-refractivity contribution in [2.24, 2.45) is 4.99 Å². The van der Waals surface area contributed by atoms with Gasteiger partial charge >= 0.3 is 0 Å². The van der Waals surface area contributed by atoms with Crippen LogP contribution in [0.5, 0.6) is 0 Å². The number of thioether (sulfide) groups is 1. The second-order valence-electron chi connectivity index (χ2n) is 7.95. The summed E-state index contributed by atoms with van der Waals surface area (Å²) in [6.45, 7) is 2.60. The van der Waals surface area contributed by atoms with Crippen LogP contribution < -0.4 is 4.90 Å². The molecule has 1 aromatic heterocycles. The lowest BCUT2D eigenvalue weighted by atomic mass is 10.1. The number of carbonyl (C=O) groups excluding carboxylic acids is 1. The smallest absolute Gasteiger partial charge is 0.267 e. The van der Waals surface area contributed by atoms with Gasteiger partial charge in [0.15, 0.2) is 5.17 Å². The number of amidine groups is 1. The molecule has 0 unspecified atom stereocenters. The highest BCUT2D eigenvalue weighted by Gasteiger charge is 2.34. The molecule has 2 fully saturated rings. The number of carbonyl (C=O) groups is 1. The molecule has 3 heterocycles. The maximum atomic E-state index is 13.3. The standard InChI is InChI=1S/C26H25N3O2S/c30-25-24(18-20-11-13-22(14-12-20)28-15-5-2-6-16-28)32-26(27-21-8-3-1-4-9-21)29(25)19-23-10-7-17-31-23/h1,3-4,7-14,17-18H,2,5-6,15-16,19H2. The number of nitrogens with zero attached hydrogens (tertiary/aromatic N) is 3. The fourth-order valence-corrected chi connectivity index (χ4v) is 4.98. The van der Waals surface area contributed by atoms with E-state index in [1.807, 2.05) is 48.5 Å². The Labute approximate surface area is 192 Å². The summed E-state index contributed by atoms with van der Waals surface area (Å²) in [5, 5.41) is 0.661. The minimum Gasteiger partial charge on any atom is -0.467 e. The summed E-state index contributed by atoms with van der Waals surface area (Å²) in [4.78, 5) is 22.8. The Morgan fingerprint density at radius 3 is 2.44 bits per heavy atom. The van der Waals surface area contributed by atoms with Crippen LogP contribution in [0.15, 0.2) is 87.3 Å². The zero-order chi connectivity index (χ0) is 21.8. The van der Waals surface area contributed by atoms with E-state index in [2.05, 4.69) is 29.2 Å². The highest BCUT2D eigenvalue weighted by molar-refractivity contribution is 8.18. The normalized spacial score (nSPS) is 19.3. The molecule has 2 aliphatic heterocycles. The van der Waals surface area contributed by atoms with Crippen LogP contribution >= 0.6 is 11.8 Å². The highest BCUT2D eigenvalue weighted by atomic mass is 32.2. The van der Waals surface area contributed by atoms with Crippen LogP contribution in [0.2, 0.25) is 0 Å². The molecule has 0 saturated carbocycles. The van der Waals surface area contributed by atoms with Gasteiger partial charge in [-0.15, -0.1) is 0 Å². The molecule has 1 amide bonds. The van der Waals surface area contributed by atoms with Crippen LogP contribution in [0.1, 0.15) is 30.6 Å². The largest absolute Gasteiger partial charge is 0.467 e. The summed E-state index contributed by atoms with van der Waals surface area (Å²) >= 11 is 1.41. The maximum Gasteiger partial charge on any atom is 0.267 e. The SMILES string of the molecule is O=C1C(=Cc2ccc(N3CCCCC3)cc2)SC(=Nc2ccccc2)N1Cc1ccco1. The first-order chi connectivity index (χ1) is 15.8. The minimum absolute atomic E-state index is 0.0545. The van der Waals surface area contributed by atoms with Crippen LogP contribution in [-0.2, 0) is 11.3 Å². The van der Waals surface area contributed by atoms with E-state index >= 15 is 0 Å². The Hall–Kier alpha value is -3.25. The lowest BCUT2D eigenvalue weighted by molar-refractivity contribution is -0.122. The van der Waals surface area contributed by atoms with Crippen molar-refractivity contribution in [1.29, 1.82) is 0 Å². The average molecular weight is 444 g/mol. The number of benzene rings is 2. The molecule has 5 nitrogen and oxygen atoms in total. The first-order valence-electron chi connectivity index (χ1n) is 11.0. The molecule has 32 heavy (non-hydrogen) atoms. The molecule has 0 bridgehead atoms. The molecule has 2 aromatic carbocycles. The Bertz CT molecular complexity index is 1120. The van der Waals surface area contributed by atoms with Crippen LogP contribution in [0.3, 0.4) is 0 Å². The summed E-state index contributed by atoms with van der Waals surface area (Å²) in [6, 6.07) is 21.9. The maximum absolute atomic E-state index is 13.3. The number of anilines is 1. The summed E-state index contributed by atoms with van der Waals surface area (Å²) < 4.78 is 5.48. The van der Waals surface area contributed by atoms with Gasteiger partial charge in [-0.2, -0.15) is 0 Å². The van der Waals surface area contributed by atoms with Crippen molar-refractivity contribution in [2.45, 2.75) is 25.8 Å². The second kappa shape index (κ2) is 9.49. The third-order valence-electron chi connectivity index (χ3n) is 5.68. The minimum atomic E-state index is -0.0545. The predicted molar refractivity (Wildman–Crippen MR) is 131 cm³/mol. The van der Waals surface area contributed by atoms with E-state index in [-0.39, 0.29) is 5.91 Å². The van der Waals surface area contributed by atoms with Gasteiger partial charge in [0.05, 0.1) is 23.4 Å². The predicted octanol–water partition coefficient (Wildman–Crippen LogP) is 6.07. The third kappa shape index (κ3) is 4.65. The van der Waals surface area contributed by atoms with Crippen LogP contribution in [-0.4, -0.2) is 29.1 Å². The molecule has 6 heteroatoms. The van der Waals surface area contributed by atoms with Crippen molar-refractivity contribution < 1.29 is 9.21 Å². The monoisotopic (exact) mass is 443 g/mol. The molecule has 2 saturated heterocycles. The van der Waals surface area contributed by atoms with Crippen molar-refractivity contribution in [2.75, 3.05) is 18.0 Å². The Morgan fingerprint density at radius 2 is 1.72 bits per heavy atom. The van der Waals surface area contributed by atoms with Crippen LogP contribution in [0, 0.1) is 0 Å². The molecule has 3 aromatic rings. The molecule has 0 aliphatic carbocycles. The zero-order valence-electron chi connectivity index (χ0n) is 17.8. The van der Waals surface area contributed by atoms with E-state index in [9.17, 15) is 4.79 Å². The summed E-state index contributed by atoms with van der Waals surface area (Å²) in [5.74, 6) is 0.674. The number of hydrogen-bond donors (Lipinski definition) is 0. The van der Waals surface area contributed by atoms with Gasteiger partial charge in [0.1, 0.15) is 5.76 Å². The van der Waals surface area contributed by atoms with Crippen molar-refractivity contribution in [3.05, 3.63) is 89.2 Å². The van der Waals surface area contributed by atoms with Crippen LogP contribution in [0.25, 0.3) is 6.08 Å². The Balaban J connectivity index is 1.40. The Morgan fingerprint density at radius 1 is 0.938 bits per heavy atom. The van der Waals surface area contributed by atoms with Gasteiger partial charge < -0.3 is 9.32 Å². The highest BCUT2D eigenvalue weighted by Crippen LogP contribution is 2.35. The quantitative estimate of drug-likeness (QED) is 0.449. The van der Waals surface area contributed by atoms with Gasteiger partial charge in [0.2, 0.25) is 0 Å². The lowest BCUT2D eigenvalue weighted by Gasteiger charge is -2.28. The summed E-state index contributed by atoms with van der Waals surface area (Å²) in [6.07, 6.45) is 7.41. The van der Waals surface area contributed by atoms with Gasteiger partial charge in [-0.25, -0.2) is 4.99 Å². The van der Waals surface area contributed by atoms with Crippen molar-refractivity contribution >= 4 is 40.3 Å². The number of para-hydroxylation sites is 1. The second-order valence-corrected chi connectivity index (χ2v) is 8.96. The van der Waals surface area contributed by atoms with Gasteiger partial charge in [-0.3, -0.25) is 9.69 Å². The molecule has 0 N–H and O–H groups in total. The molecule has 0 radical (unpaired) electrons. The topological polar surface area (TPSA) is 49.1 Å². The fraction of sp³-hybridized carbons (Fsp3) is 0.231. The zero-order valence-corrected chi connectivity index (χ0v) is 18.6. The molecule has 0 atom stereocenters. The van der Waals surface area contributed by atoms with E-state index in [0.717, 1.165) is 30.1 Å². The van der Waals surface area contributed by atoms with Crippen molar-refractivity contribution in [1.82, 2.24) is 4.90 Å². The van der Waals surface area contributed by atoms with E-state index in [4.69, 9.17) is 9.41 Å². The summed E-state index contributed by atoms with van der Waals surface area (Å²) in [5.41, 5.74) is 3.09. The molecular formula is C26H25N3O2S. The molecule has 5 rings (SSSR count). The number of aliphatic imine (C=N–C) groups is 1. The number of amides is 1. The number of hydrogen-bond acceptors (Lipinski definition) is 5. The van der Waals surface area contributed by atoms with Crippen molar-refractivity contribution in [3.63, 3.8) is 0 Å². The van der Waals surface area contributed by atoms with Crippen LogP contribution in [0.4, 0.5) is 11.4 Å². The lowest BCUT2D eigenvalue weighted by Crippen LogP contribution is -2.29. The molecular weight excluding hydrogens is 418 g/mol. The first kappa shape index (κ1) is 20.6. The van der Waals surface area contributed by atoms with Gasteiger partial charge in [0.25, 0.3) is 5.91 Å². The summed E-state index contributed by atoms with van der Waals surface area (Å²) in [7, 11) is 0. The van der Waals surface area contributed by atoms with E-state index in [1.165, 1.54) is 36.7 Å². The van der Waals surface area contributed by atoms with E-state index in [1.54, 1.807) is 11.2 Å². The third-order valence-corrected chi connectivity index (χ3v) is 6.68. The van der Waals surface area contributed by atoms with Gasteiger partial charge in [-0.1, -0.05) is 30.3 Å². The molecule has 0 spiro atoms. The number of furan rings is 1. The van der Waals surface area contributed by atoms with E-state index in [0.29, 0.717) is 16.6 Å². The molecule has 162 valence electrons. The first-order valence-corrected chi connectivity index (χ1v) is 11.8. The van der Waals surface area contributed by atoms with E-state index < -0.39 is 0 Å². The fourth-order valence-electron chi connectivity index (χ4n) is 3.99. The van der Waals surface area contributed by atoms with Crippen molar-refractivity contribution in [3.8, 4) is 0 Å². The average Bonchev–Trinajstić information content (AvgIpc) is 3.45. The number of rotatable bonds is 5. The van der Waals surface area contributed by atoms with Gasteiger partial charge in [-0.05, 0) is 79.1 Å². The Kier molecular flexibility index (Phi) is 6.12.